The lowest BCUT2D eigenvalue weighted by molar-refractivity contribution is 1.64. The van der Waals surface area contributed by atoms with Crippen LogP contribution >= 0.6 is 11.3 Å². The van der Waals surface area contributed by atoms with Crippen molar-refractivity contribution < 1.29 is 0 Å². The van der Waals surface area contributed by atoms with Gasteiger partial charge in [-0.25, -0.2) is 0 Å². The molecule has 0 amide bonds. The molecule has 1 aromatic heterocycles. The molecule has 0 spiro atoms. The van der Waals surface area contributed by atoms with Crippen LogP contribution in [0.3, 0.4) is 0 Å². The Kier molecular flexibility index (Phi) is 8.19. The maximum absolute atomic E-state index is 2.45. The molecule has 0 fully saturated rings. The highest BCUT2D eigenvalue weighted by molar-refractivity contribution is 7.26. The van der Waals surface area contributed by atoms with Crippen molar-refractivity contribution in [2.24, 2.45) is 0 Å². The van der Waals surface area contributed by atoms with E-state index in [4.69, 9.17) is 0 Å². The molecular weight excluding hydrogens is 777 g/mol. The molecule has 0 N–H and O–H groups in total. The van der Waals surface area contributed by atoms with Gasteiger partial charge in [0.1, 0.15) is 0 Å². The van der Waals surface area contributed by atoms with Crippen molar-refractivity contribution in [2.75, 3.05) is 0 Å². The third-order valence-corrected chi connectivity index (χ3v) is 14.4. The number of fused-ring (bicyclic) bond motifs is 8. The summed E-state index contributed by atoms with van der Waals surface area (Å²) in [6, 6.07) is 85.4. The first-order valence-corrected chi connectivity index (χ1v) is 22.6. The molecule has 0 radical (unpaired) electrons. The van der Waals surface area contributed by atoms with Gasteiger partial charge in [-0.1, -0.05) is 218 Å². The van der Waals surface area contributed by atoms with E-state index in [2.05, 4.69) is 231 Å². The predicted molar refractivity (Wildman–Crippen MR) is 274 cm³/mol. The Morgan fingerprint density at radius 1 is 0.206 bits per heavy atom. The molecule has 0 nitrogen and oxygen atoms in total. The minimum Gasteiger partial charge on any atom is -0.135 e. The first-order chi connectivity index (χ1) is 31.3. The smallest absolute Gasteiger partial charge is 0.0361 e. The normalized spacial score (nSPS) is 11.8. The summed E-state index contributed by atoms with van der Waals surface area (Å²) in [5.41, 5.74) is 12.7. The Labute approximate surface area is 369 Å². The van der Waals surface area contributed by atoms with Gasteiger partial charge in [-0.15, -0.1) is 11.3 Å². The van der Waals surface area contributed by atoms with Gasteiger partial charge in [0, 0.05) is 20.2 Å². The Balaban J connectivity index is 1.04. The Morgan fingerprint density at radius 3 is 1.16 bits per heavy atom. The van der Waals surface area contributed by atoms with Gasteiger partial charge in [0.15, 0.2) is 0 Å². The molecule has 13 rings (SSSR count). The highest BCUT2D eigenvalue weighted by Gasteiger charge is 2.22. The van der Waals surface area contributed by atoms with E-state index >= 15 is 0 Å². The van der Waals surface area contributed by atoms with E-state index < -0.39 is 0 Å². The monoisotopic (exact) mass is 814 g/mol. The van der Waals surface area contributed by atoms with E-state index in [0.717, 1.165) is 0 Å². The van der Waals surface area contributed by atoms with Gasteiger partial charge in [0.25, 0.3) is 0 Å². The SMILES string of the molecule is c1ccc(-c2ccc(-c3c4ccccc4c(-c4ccc5c(c4)sc4cccc(-c6c7ccccc7c(-c7ccccc7)c7ccccc67)c45)c4ccccc34)c3ccccc23)cc1. The highest BCUT2D eigenvalue weighted by atomic mass is 32.1. The summed E-state index contributed by atoms with van der Waals surface area (Å²) in [4.78, 5) is 0. The molecular formula is C62H38S. The average molecular weight is 815 g/mol. The summed E-state index contributed by atoms with van der Waals surface area (Å²) in [5, 5.41) is 15.3. The van der Waals surface area contributed by atoms with Gasteiger partial charge in [0.05, 0.1) is 0 Å². The second-order valence-electron chi connectivity index (χ2n) is 16.6. The average Bonchev–Trinajstić information content (AvgIpc) is 3.73. The Morgan fingerprint density at radius 2 is 0.619 bits per heavy atom. The fourth-order valence-corrected chi connectivity index (χ4v) is 11.8. The predicted octanol–water partition coefficient (Wildman–Crippen LogP) is 18.2. The lowest BCUT2D eigenvalue weighted by Gasteiger charge is -2.20. The quantitative estimate of drug-likeness (QED) is 0.152. The molecule has 0 aliphatic heterocycles. The lowest BCUT2D eigenvalue weighted by atomic mass is 9.83. The molecule has 0 aliphatic rings. The number of hydrogen-bond acceptors (Lipinski definition) is 1. The van der Waals surface area contributed by atoms with Gasteiger partial charge >= 0.3 is 0 Å². The van der Waals surface area contributed by atoms with Crippen LogP contribution in [0.4, 0.5) is 0 Å². The topological polar surface area (TPSA) is 0 Å². The number of hydrogen-bond donors (Lipinski definition) is 0. The third-order valence-electron chi connectivity index (χ3n) is 13.3. The van der Waals surface area contributed by atoms with E-state index in [1.165, 1.54) is 130 Å². The molecule has 63 heavy (non-hydrogen) atoms. The summed E-state index contributed by atoms with van der Waals surface area (Å²) >= 11 is 1.90. The minimum atomic E-state index is 1.23. The zero-order chi connectivity index (χ0) is 41.4. The summed E-state index contributed by atoms with van der Waals surface area (Å²) < 4.78 is 2.60. The molecule has 0 bridgehead atoms. The van der Waals surface area contributed by atoms with Gasteiger partial charge in [-0.3, -0.25) is 0 Å². The second kappa shape index (κ2) is 14.4. The molecule has 1 heteroatoms. The summed E-state index contributed by atoms with van der Waals surface area (Å²) in [5.74, 6) is 0. The van der Waals surface area contributed by atoms with Crippen LogP contribution in [-0.2, 0) is 0 Å². The van der Waals surface area contributed by atoms with E-state index in [9.17, 15) is 0 Å². The van der Waals surface area contributed by atoms with Crippen LogP contribution in [0.15, 0.2) is 231 Å². The van der Waals surface area contributed by atoms with Gasteiger partial charge < -0.3 is 0 Å². The van der Waals surface area contributed by atoms with Crippen molar-refractivity contribution in [2.45, 2.75) is 0 Å². The number of thiophene rings is 1. The largest absolute Gasteiger partial charge is 0.135 e. The van der Waals surface area contributed by atoms with Gasteiger partial charge in [-0.2, -0.15) is 0 Å². The van der Waals surface area contributed by atoms with Crippen molar-refractivity contribution in [3.05, 3.63) is 231 Å². The van der Waals surface area contributed by atoms with Gasteiger partial charge in [0.2, 0.25) is 0 Å². The van der Waals surface area contributed by atoms with E-state index in [1.807, 2.05) is 11.3 Å². The first kappa shape index (κ1) is 35.9. The summed E-state index contributed by atoms with van der Waals surface area (Å²) in [7, 11) is 0. The zero-order valence-corrected chi connectivity index (χ0v) is 35.2. The summed E-state index contributed by atoms with van der Waals surface area (Å²) in [6.07, 6.45) is 0. The molecule has 0 unspecified atom stereocenters. The zero-order valence-electron chi connectivity index (χ0n) is 34.3. The van der Waals surface area contributed by atoms with Crippen molar-refractivity contribution >= 4 is 85.4 Å². The van der Waals surface area contributed by atoms with Crippen LogP contribution < -0.4 is 0 Å². The minimum absolute atomic E-state index is 1.23. The molecule has 0 saturated heterocycles. The van der Waals surface area contributed by atoms with Crippen molar-refractivity contribution in [3.8, 4) is 55.6 Å². The molecule has 0 aliphatic carbocycles. The molecule has 1 heterocycles. The third kappa shape index (κ3) is 5.54. The van der Waals surface area contributed by atoms with E-state index in [-0.39, 0.29) is 0 Å². The van der Waals surface area contributed by atoms with Crippen LogP contribution in [0.1, 0.15) is 0 Å². The van der Waals surface area contributed by atoms with Crippen LogP contribution in [0.2, 0.25) is 0 Å². The van der Waals surface area contributed by atoms with E-state index in [1.54, 1.807) is 0 Å². The molecule has 0 atom stereocenters. The Hall–Kier alpha value is -7.84. The molecule has 12 aromatic carbocycles. The molecule has 292 valence electrons. The number of rotatable bonds is 5. The van der Waals surface area contributed by atoms with Crippen LogP contribution in [0.25, 0.3) is 130 Å². The van der Waals surface area contributed by atoms with Gasteiger partial charge in [-0.05, 0) is 122 Å². The maximum atomic E-state index is 2.45. The Bertz CT molecular complexity index is 3840. The number of benzene rings is 12. The van der Waals surface area contributed by atoms with Crippen molar-refractivity contribution in [3.63, 3.8) is 0 Å². The molecule has 13 aromatic rings. The van der Waals surface area contributed by atoms with Crippen LogP contribution in [-0.4, -0.2) is 0 Å². The van der Waals surface area contributed by atoms with Crippen LogP contribution in [0.5, 0.6) is 0 Å². The van der Waals surface area contributed by atoms with Crippen molar-refractivity contribution in [1.82, 2.24) is 0 Å². The lowest BCUT2D eigenvalue weighted by Crippen LogP contribution is -1.92. The standard InChI is InChI=1S/C62H38S/c1-3-18-39(19-4-1)42-36-37-53(44-23-8-7-22-43(42)44)60-49-28-13-11-26-47(49)59(48-27-12-14-29-50(48)60)41-34-35-54-57(38-41)63-56-33-17-32-55(62(54)56)61-51-30-15-9-24-45(51)58(40-20-5-2-6-21-40)46-25-10-16-31-52(46)61/h1-38H. The molecule has 0 saturated carbocycles. The maximum Gasteiger partial charge on any atom is 0.0361 e. The second-order valence-corrected chi connectivity index (χ2v) is 17.7. The fourth-order valence-electron chi connectivity index (χ4n) is 10.6. The highest BCUT2D eigenvalue weighted by Crippen LogP contribution is 2.50. The van der Waals surface area contributed by atoms with Crippen molar-refractivity contribution in [1.29, 1.82) is 0 Å². The first-order valence-electron chi connectivity index (χ1n) is 21.8. The summed E-state index contributed by atoms with van der Waals surface area (Å²) in [6.45, 7) is 0. The van der Waals surface area contributed by atoms with E-state index in [0.29, 0.717) is 0 Å². The fraction of sp³-hybridized carbons (Fsp3) is 0. The van der Waals surface area contributed by atoms with Crippen LogP contribution in [0, 0.1) is 0 Å².